The zero-order chi connectivity index (χ0) is 9.19. The maximum atomic E-state index is 9.30. The summed E-state index contributed by atoms with van der Waals surface area (Å²) in [5.74, 6) is 5.52. The molecule has 0 aromatic carbocycles. The SMILES string of the molecule is CC(C)(O)C#Cc1sccc1Cl. The van der Waals surface area contributed by atoms with Gasteiger partial charge in [-0.05, 0) is 25.3 Å². The number of hydrogen-bond donors (Lipinski definition) is 1. The van der Waals surface area contributed by atoms with E-state index >= 15 is 0 Å². The Morgan fingerprint density at radius 2 is 2.25 bits per heavy atom. The second kappa shape index (κ2) is 3.49. The number of hydrogen-bond acceptors (Lipinski definition) is 2. The minimum absolute atomic E-state index is 0.650. The average Bonchev–Trinajstić information content (AvgIpc) is 2.29. The van der Waals surface area contributed by atoms with Gasteiger partial charge in [0.15, 0.2) is 0 Å². The van der Waals surface area contributed by atoms with Gasteiger partial charge in [-0.3, -0.25) is 0 Å². The van der Waals surface area contributed by atoms with Gasteiger partial charge >= 0.3 is 0 Å². The molecule has 3 heteroatoms. The third-order valence-corrected chi connectivity index (χ3v) is 2.36. The zero-order valence-electron chi connectivity index (χ0n) is 6.89. The molecule has 0 aliphatic carbocycles. The van der Waals surface area contributed by atoms with Gasteiger partial charge in [-0.1, -0.05) is 23.4 Å². The summed E-state index contributed by atoms with van der Waals surface area (Å²) in [6.45, 7) is 3.28. The van der Waals surface area contributed by atoms with E-state index in [9.17, 15) is 5.11 Å². The number of aliphatic hydroxyl groups is 1. The van der Waals surface area contributed by atoms with E-state index in [1.165, 1.54) is 11.3 Å². The third kappa shape index (κ3) is 2.86. The van der Waals surface area contributed by atoms with Crippen LogP contribution in [-0.2, 0) is 0 Å². The van der Waals surface area contributed by atoms with E-state index in [1.807, 2.05) is 5.38 Å². The topological polar surface area (TPSA) is 20.2 Å². The Morgan fingerprint density at radius 1 is 1.58 bits per heavy atom. The van der Waals surface area contributed by atoms with Gasteiger partial charge in [-0.15, -0.1) is 11.3 Å². The van der Waals surface area contributed by atoms with Crippen molar-refractivity contribution in [3.8, 4) is 11.8 Å². The zero-order valence-corrected chi connectivity index (χ0v) is 8.46. The lowest BCUT2D eigenvalue weighted by Gasteiger charge is -2.05. The summed E-state index contributed by atoms with van der Waals surface area (Å²) in [5.41, 5.74) is -0.951. The fourth-order valence-electron chi connectivity index (χ4n) is 0.593. The largest absolute Gasteiger partial charge is 0.378 e. The van der Waals surface area contributed by atoms with Gasteiger partial charge in [0.25, 0.3) is 0 Å². The minimum atomic E-state index is -0.951. The number of rotatable bonds is 0. The first-order valence-electron chi connectivity index (χ1n) is 3.47. The van der Waals surface area contributed by atoms with E-state index in [0.717, 1.165) is 4.88 Å². The highest BCUT2D eigenvalue weighted by Crippen LogP contribution is 2.20. The molecule has 0 bridgehead atoms. The predicted octanol–water partition coefficient (Wildman–Crippen LogP) is 2.52. The summed E-state index contributed by atoms with van der Waals surface area (Å²) in [6.07, 6.45) is 0. The molecule has 0 saturated heterocycles. The molecule has 1 nitrogen and oxygen atoms in total. The van der Waals surface area contributed by atoms with Crippen molar-refractivity contribution in [3.63, 3.8) is 0 Å². The van der Waals surface area contributed by atoms with Gasteiger partial charge in [0.05, 0.1) is 9.90 Å². The number of halogens is 1. The second-order valence-electron chi connectivity index (χ2n) is 2.91. The van der Waals surface area contributed by atoms with Crippen LogP contribution in [-0.4, -0.2) is 10.7 Å². The predicted molar refractivity (Wildman–Crippen MR) is 52.5 cm³/mol. The van der Waals surface area contributed by atoms with E-state index < -0.39 is 5.60 Å². The molecule has 1 aromatic heterocycles. The van der Waals surface area contributed by atoms with Crippen LogP contribution in [0, 0.1) is 11.8 Å². The standard InChI is InChI=1S/C9H9ClOS/c1-9(2,11)5-3-8-7(10)4-6-12-8/h4,6,11H,1-2H3. The molecule has 0 unspecified atom stereocenters. The molecular formula is C9H9ClOS. The minimum Gasteiger partial charge on any atom is -0.378 e. The van der Waals surface area contributed by atoms with Gasteiger partial charge in [0, 0.05) is 0 Å². The van der Waals surface area contributed by atoms with Crippen LogP contribution in [0.25, 0.3) is 0 Å². The monoisotopic (exact) mass is 200 g/mol. The lowest BCUT2D eigenvalue weighted by atomic mass is 10.1. The molecule has 12 heavy (non-hydrogen) atoms. The van der Waals surface area contributed by atoms with Crippen LogP contribution in [0.3, 0.4) is 0 Å². The molecule has 64 valence electrons. The summed E-state index contributed by atoms with van der Waals surface area (Å²) in [7, 11) is 0. The maximum absolute atomic E-state index is 9.30. The molecule has 1 rings (SSSR count). The molecule has 1 aromatic rings. The molecule has 0 fully saturated rings. The van der Waals surface area contributed by atoms with Gasteiger partial charge in [0.1, 0.15) is 5.60 Å². The highest BCUT2D eigenvalue weighted by molar-refractivity contribution is 7.11. The van der Waals surface area contributed by atoms with Crippen molar-refractivity contribution in [1.82, 2.24) is 0 Å². The Balaban J connectivity index is 2.87. The van der Waals surface area contributed by atoms with E-state index in [-0.39, 0.29) is 0 Å². The van der Waals surface area contributed by atoms with Crippen LogP contribution in [0.2, 0.25) is 5.02 Å². The van der Waals surface area contributed by atoms with Crippen LogP contribution in [0.1, 0.15) is 18.7 Å². The molecule has 0 aliphatic rings. The van der Waals surface area contributed by atoms with Gasteiger partial charge in [0.2, 0.25) is 0 Å². The molecule has 0 spiro atoms. The summed E-state index contributed by atoms with van der Waals surface area (Å²) in [4.78, 5) is 0.804. The van der Waals surface area contributed by atoms with Crippen molar-refractivity contribution in [2.75, 3.05) is 0 Å². The highest BCUT2D eigenvalue weighted by Gasteiger charge is 2.06. The van der Waals surface area contributed by atoms with Gasteiger partial charge < -0.3 is 5.11 Å². The van der Waals surface area contributed by atoms with Crippen LogP contribution in [0.4, 0.5) is 0 Å². The average molecular weight is 201 g/mol. The molecular weight excluding hydrogens is 192 g/mol. The lowest BCUT2D eigenvalue weighted by molar-refractivity contribution is 0.143. The Bertz CT molecular complexity index is 324. The molecule has 0 amide bonds. The Kier molecular flexibility index (Phi) is 2.79. The summed E-state index contributed by atoms with van der Waals surface area (Å²) in [5, 5.41) is 11.8. The highest BCUT2D eigenvalue weighted by atomic mass is 35.5. The normalized spacial score (nSPS) is 10.7. The second-order valence-corrected chi connectivity index (χ2v) is 4.23. The van der Waals surface area contributed by atoms with Crippen molar-refractivity contribution in [2.24, 2.45) is 0 Å². The first-order valence-corrected chi connectivity index (χ1v) is 4.73. The molecule has 1 N–H and O–H groups in total. The maximum Gasteiger partial charge on any atom is 0.120 e. The van der Waals surface area contributed by atoms with E-state index in [4.69, 9.17) is 11.6 Å². The van der Waals surface area contributed by atoms with Crippen molar-refractivity contribution in [2.45, 2.75) is 19.4 Å². The Hall–Kier alpha value is -0.490. The van der Waals surface area contributed by atoms with Crippen molar-refractivity contribution in [3.05, 3.63) is 21.3 Å². The quantitative estimate of drug-likeness (QED) is 0.639. The van der Waals surface area contributed by atoms with Crippen LogP contribution < -0.4 is 0 Å². The van der Waals surface area contributed by atoms with Crippen LogP contribution >= 0.6 is 22.9 Å². The molecule has 1 heterocycles. The molecule has 0 aliphatic heterocycles. The molecule has 0 radical (unpaired) electrons. The fourth-order valence-corrected chi connectivity index (χ4v) is 1.54. The third-order valence-electron chi connectivity index (χ3n) is 1.10. The summed E-state index contributed by atoms with van der Waals surface area (Å²) >= 11 is 7.27. The smallest absolute Gasteiger partial charge is 0.120 e. The first kappa shape index (κ1) is 9.60. The lowest BCUT2D eigenvalue weighted by Crippen LogP contribution is -2.14. The molecule has 0 saturated carbocycles. The summed E-state index contributed by atoms with van der Waals surface area (Å²) < 4.78 is 0. The Morgan fingerprint density at radius 3 is 2.67 bits per heavy atom. The van der Waals surface area contributed by atoms with Gasteiger partial charge in [-0.2, -0.15) is 0 Å². The van der Waals surface area contributed by atoms with Crippen molar-refractivity contribution >= 4 is 22.9 Å². The number of thiophene rings is 1. The van der Waals surface area contributed by atoms with E-state index in [0.29, 0.717) is 5.02 Å². The first-order chi connectivity index (χ1) is 5.49. The van der Waals surface area contributed by atoms with Crippen LogP contribution in [0.15, 0.2) is 11.4 Å². The molecule has 0 atom stereocenters. The fraction of sp³-hybridized carbons (Fsp3) is 0.333. The van der Waals surface area contributed by atoms with E-state index in [2.05, 4.69) is 11.8 Å². The summed E-state index contributed by atoms with van der Waals surface area (Å²) in [6, 6.07) is 1.79. The van der Waals surface area contributed by atoms with Crippen molar-refractivity contribution < 1.29 is 5.11 Å². The van der Waals surface area contributed by atoms with Crippen LogP contribution in [0.5, 0.6) is 0 Å². The van der Waals surface area contributed by atoms with Crippen molar-refractivity contribution in [1.29, 1.82) is 0 Å². The van der Waals surface area contributed by atoms with Gasteiger partial charge in [-0.25, -0.2) is 0 Å². The van der Waals surface area contributed by atoms with E-state index in [1.54, 1.807) is 19.9 Å². The Labute approximate surface area is 81.0 Å².